The molecule has 100 valence electrons. The maximum atomic E-state index is 6.03. The molecule has 1 saturated heterocycles. The molecule has 0 radical (unpaired) electrons. The molecule has 1 aromatic carbocycles. The maximum Gasteiger partial charge on any atom is 0.121 e. The van der Waals surface area contributed by atoms with E-state index in [0.717, 1.165) is 36.9 Å². The summed E-state index contributed by atoms with van der Waals surface area (Å²) in [6.07, 6.45) is 2.67. The van der Waals surface area contributed by atoms with Crippen molar-refractivity contribution in [1.82, 2.24) is 4.90 Å². The van der Waals surface area contributed by atoms with Crippen LogP contribution in [0.15, 0.2) is 24.3 Å². The first kappa shape index (κ1) is 13.2. The second-order valence-corrected chi connectivity index (χ2v) is 5.61. The van der Waals surface area contributed by atoms with E-state index in [1.165, 1.54) is 13.0 Å². The maximum absolute atomic E-state index is 6.03. The highest BCUT2D eigenvalue weighted by molar-refractivity contribution is 5.43. The zero-order valence-corrected chi connectivity index (χ0v) is 11.4. The Kier molecular flexibility index (Phi) is 4.48. The third-order valence-corrected chi connectivity index (χ3v) is 3.25. The first-order valence-electron chi connectivity index (χ1n) is 6.88. The summed E-state index contributed by atoms with van der Waals surface area (Å²) < 4.78 is 6.03. The summed E-state index contributed by atoms with van der Waals surface area (Å²) >= 11 is 0. The number of hydrogen-bond donors (Lipinski definition) is 1. The highest BCUT2D eigenvalue weighted by Gasteiger charge is 2.21. The zero-order chi connectivity index (χ0) is 13.0. The number of nitrogens with two attached hydrogens (primary N) is 1. The first-order valence-corrected chi connectivity index (χ1v) is 6.88. The molecule has 1 unspecified atom stereocenters. The van der Waals surface area contributed by atoms with E-state index in [1.54, 1.807) is 0 Å². The Balaban J connectivity index is 1.89. The van der Waals surface area contributed by atoms with Crippen LogP contribution in [0.25, 0.3) is 0 Å². The van der Waals surface area contributed by atoms with E-state index >= 15 is 0 Å². The third kappa shape index (κ3) is 3.91. The van der Waals surface area contributed by atoms with E-state index in [1.807, 2.05) is 24.3 Å². The SMILES string of the molecule is CC(C)CN1CCCC(Oc2cccc(N)c2)C1. The minimum absolute atomic E-state index is 0.305. The van der Waals surface area contributed by atoms with Crippen LogP contribution in [0, 0.1) is 5.92 Å². The van der Waals surface area contributed by atoms with Gasteiger partial charge in [-0.2, -0.15) is 0 Å². The van der Waals surface area contributed by atoms with Crippen molar-refractivity contribution in [3.8, 4) is 5.75 Å². The van der Waals surface area contributed by atoms with Crippen molar-refractivity contribution in [2.75, 3.05) is 25.4 Å². The summed E-state index contributed by atoms with van der Waals surface area (Å²) in [6.45, 7) is 7.93. The van der Waals surface area contributed by atoms with Crippen LogP contribution in [0.5, 0.6) is 5.75 Å². The lowest BCUT2D eigenvalue weighted by atomic mass is 10.1. The van der Waals surface area contributed by atoms with Crippen molar-refractivity contribution in [1.29, 1.82) is 0 Å². The summed E-state index contributed by atoms with van der Waals surface area (Å²) in [7, 11) is 0. The van der Waals surface area contributed by atoms with E-state index in [2.05, 4.69) is 18.7 Å². The minimum atomic E-state index is 0.305. The highest BCUT2D eigenvalue weighted by atomic mass is 16.5. The number of ether oxygens (including phenoxy) is 1. The normalized spacial score (nSPS) is 21.2. The predicted octanol–water partition coefficient (Wildman–Crippen LogP) is 2.77. The van der Waals surface area contributed by atoms with E-state index in [9.17, 15) is 0 Å². The van der Waals surface area contributed by atoms with Gasteiger partial charge in [-0.3, -0.25) is 4.90 Å². The second kappa shape index (κ2) is 6.10. The summed E-state index contributed by atoms with van der Waals surface area (Å²) in [5.41, 5.74) is 6.53. The molecular weight excluding hydrogens is 224 g/mol. The molecule has 1 aliphatic heterocycles. The van der Waals surface area contributed by atoms with E-state index in [0.29, 0.717) is 6.10 Å². The lowest BCUT2D eigenvalue weighted by Crippen LogP contribution is -2.42. The molecule has 3 nitrogen and oxygen atoms in total. The van der Waals surface area contributed by atoms with Gasteiger partial charge < -0.3 is 10.5 Å². The van der Waals surface area contributed by atoms with Gasteiger partial charge in [0, 0.05) is 24.8 Å². The lowest BCUT2D eigenvalue weighted by Gasteiger charge is -2.33. The molecule has 1 aliphatic rings. The van der Waals surface area contributed by atoms with Crippen molar-refractivity contribution in [2.24, 2.45) is 5.92 Å². The molecule has 0 amide bonds. The average Bonchev–Trinajstić information content (AvgIpc) is 2.28. The molecule has 18 heavy (non-hydrogen) atoms. The van der Waals surface area contributed by atoms with Crippen molar-refractivity contribution in [3.63, 3.8) is 0 Å². The van der Waals surface area contributed by atoms with Gasteiger partial charge in [-0.25, -0.2) is 0 Å². The average molecular weight is 248 g/mol. The second-order valence-electron chi connectivity index (χ2n) is 5.61. The van der Waals surface area contributed by atoms with Gasteiger partial charge in [-0.05, 0) is 37.4 Å². The Bertz CT molecular complexity index is 379. The quantitative estimate of drug-likeness (QED) is 0.833. The number of nitrogen functional groups attached to an aromatic ring is 1. The van der Waals surface area contributed by atoms with Crippen LogP contribution in [-0.2, 0) is 0 Å². The number of piperidine rings is 1. The van der Waals surface area contributed by atoms with E-state index in [-0.39, 0.29) is 0 Å². The van der Waals surface area contributed by atoms with Gasteiger partial charge >= 0.3 is 0 Å². The molecule has 0 spiro atoms. The van der Waals surface area contributed by atoms with Crippen LogP contribution >= 0.6 is 0 Å². The summed E-state index contributed by atoms with van der Waals surface area (Å²) in [5.74, 6) is 1.61. The Labute approximate surface area is 110 Å². The number of rotatable bonds is 4. The van der Waals surface area contributed by atoms with Gasteiger partial charge in [-0.1, -0.05) is 19.9 Å². The van der Waals surface area contributed by atoms with Crippen molar-refractivity contribution in [2.45, 2.75) is 32.8 Å². The van der Waals surface area contributed by atoms with Crippen molar-refractivity contribution >= 4 is 5.69 Å². The Hall–Kier alpha value is -1.22. The molecule has 2 rings (SSSR count). The van der Waals surface area contributed by atoms with Crippen LogP contribution < -0.4 is 10.5 Å². The van der Waals surface area contributed by atoms with Gasteiger partial charge in [0.15, 0.2) is 0 Å². The fourth-order valence-corrected chi connectivity index (χ4v) is 2.57. The van der Waals surface area contributed by atoms with Crippen LogP contribution in [0.1, 0.15) is 26.7 Å². The lowest BCUT2D eigenvalue weighted by molar-refractivity contribution is 0.0817. The van der Waals surface area contributed by atoms with Crippen LogP contribution in [0.2, 0.25) is 0 Å². The molecule has 0 aliphatic carbocycles. The first-order chi connectivity index (χ1) is 8.63. The highest BCUT2D eigenvalue weighted by Crippen LogP contribution is 2.20. The van der Waals surface area contributed by atoms with Gasteiger partial charge in [0.1, 0.15) is 11.9 Å². The predicted molar refractivity (Wildman–Crippen MR) is 75.8 cm³/mol. The molecule has 3 heteroatoms. The van der Waals surface area contributed by atoms with Gasteiger partial charge in [0.2, 0.25) is 0 Å². The fourth-order valence-electron chi connectivity index (χ4n) is 2.57. The largest absolute Gasteiger partial charge is 0.489 e. The topological polar surface area (TPSA) is 38.5 Å². The van der Waals surface area contributed by atoms with Gasteiger partial charge in [0.05, 0.1) is 0 Å². The Morgan fingerprint density at radius 2 is 2.28 bits per heavy atom. The molecule has 1 heterocycles. The number of benzene rings is 1. The molecule has 1 aromatic rings. The molecule has 0 bridgehead atoms. The monoisotopic (exact) mass is 248 g/mol. The number of anilines is 1. The van der Waals surface area contributed by atoms with Crippen LogP contribution in [0.3, 0.4) is 0 Å². The third-order valence-electron chi connectivity index (χ3n) is 3.25. The molecule has 2 N–H and O–H groups in total. The number of likely N-dealkylation sites (tertiary alicyclic amines) is 1. The molecule has 0 saturated carbocycles. The minimum Gasteiger partial charge on any atom is -0.489 e. The summed E-state index contributed by atoms with van der Waals surface area (Å²) in [6, 6.07) is 7.72. The van der Waals surface area contributed by atoms with Gasteiger partial charge in [0.25, 0.3) is 0 Å². The molecule has 0 aromatic heterocycles. The van der Waals surface area contributed by atoms with Crippen LogP contribution in [-0.4, -0.2) is 30.6 Å². The Morgan fingerprint density at radius 1 is 1.44 bits per heavy atom. The zero-order valence-electron chi connectivity index (χ0n) is 11.4. The molecule has 1 atom stereocenters. The summed E-state index contributed by atoms with van der Waals surface area (Å²) in [4.78, 5) is 2.51. The number of hydrogen-bond acceptors (Lipinski definition) is 3. The fraction of sp³-hybridized carbons (Fsp3) is 0.600. The van der Waals surface area contributed by atoms with Crippen molar-refractivity contribution < 1.29 is 4.74 Å². The Morgan fingerprint density at radius 3 is 3.00 bits per heavy atom. The summed E-state index contributed by atoms with van der Waals surface area (Å²) in [5, 5.41) is 0. The van der Waals surface area contributed by atoms with E-state index < -0.39 is 0 Å². The standard InChI is InChI=1S/C15H24N2O/c1-12(2)10-17-8-4-7-15(11-17)18-14-6-3-5-13(16)9-14/h3,5-6,9,12,15H,4,7-8,10-11,16H2,1-2H3. The van der Waals surface area contributed by atoms with Crippen LogP contribution in [0.4, 0.5) is 5.69 Å². The van der Waals surface area contributed by atoms with Crippen molar-refractivity contribution in [3.05, 3.63) is 24.3 Å². The molecular formula is C15H24N2O. The van der Waals surface area contributed by atoms with Gasteiger partial charge in [-0.15, -0.1) is 0 Å². The van der Waals surface area contributed by atoms with E-state index in [4.69, 9.17) is 10.5 Å². The number of nitrogens with zero attached hydrogens (tertiary/aromatic N) is 1. The smallest absolute Gasteiger partial charge is 0.121 e. The molecule has 1 fully saturated rings.